The van der Waals surface area contributed by atoms with Crippen molar-refractivity contribution in [2.75, 3.05) is 0 Å². The van der Waals surface area contributed by atoms with E-state index in [2.05, 4.69) is 0 Å². The van der Waals surface area contributed by atoms with E-state index in [4.69, 9.17) is 11.6 Å². The first kappa shape index (κ1) is 13.5. The number of carbonyl (C=O) groups excluding carboxylic acids is 1. The number of hydrogen-bond donors (Lipinski definition) is 0. The molecule has 0 aliphatic heterocycles. The Balaban J connectivity index is 2.60. The highest BCUT2D eigenvalue weighted by Gasteiger charge is 2.23. The lowest BCUT2D eigenvalue weighted by molar-refractivity contribution is 0.102. The van der Waals surface area contributed by atoms with Gasteiger partial charge < -0.3 is 0 Å². The standard InChI is InChI=1S/C13H5ClF4O/c14-7-5-10(17)6(4-11(7)18)13(19)12-8(15)2-1-3-9(12)16/h1-5H. The van der Waals surface area contributed by atoms with Crippen molar-refractivity contribution in [1.29, 1.82) is 0 Å². The van der Waals surface area contributed by atoms with Gasteiger partial charge in [-0.05, 0) is 24.3 Å². The summed E-state index contributed by atoms with van der Waals surface area (Å²) in [6.45, 7) is 0. The fourth-order valence-electron chi connectivity index (χ4n) is 1.55. The Kier molecular flexibility index (Phi) is 3.57. The third-order valence-electron chi connectivity index (χ3n) is 2.44. The normalized spacial score (nSPS) is 10.6. The number of hydrogen-bond acceptors (Lipinski definition) is 1. The predicted octanol–water partition coefficient (Wildman–Crippen LogP) is 4.13. The van der Waals surface area contributed by atoms with Crippen molar-refractivity contribution in [1.82, 2.24) is 0 Å². The SMILES string of the molecule is O=C(c1cc(F)c(Cl)cc1F)c1c(F)cccc1F. The van der Waals surface area contributed by atoms with Gasteiger partial charge in [0.2, 0.25) is 5.78 Å². The van der Waals surface area contributed by atoms with Crippen LogP contribution in [0.2, 0.25) is 5.02 Å². The summed E-state index contributed by atoms with van der Waals surface area (Å²) in [5, 5.41) is -0.525. The summed E-state index contributed by atoms with van der Waals surface area (Å²) in [5.74, 6) is -5.80. The van der Waals surface area contributed by atoms with E-state index in [1.54, 1.807) is 0 Å². The lowest BCUT2D eigenvalue weighted by atomic mass is 10.0. The Labute approximate surface area is 110 Å². The van der Waals surface area contributed by atoms with Crippen molar-refractivity contribution < 1.29 is 22.4 Å². The largest absolute Gasteiger partial charge is 0.288 e. The molecule has 2 aromatic rings. The van der Waals surface area contributed by atoms with Crippen LogP contribution in [0.4, 0.5) is 17.6 Å². The van der Waals surface area contributed by atoms with E-state index in [1.165, 1.54) is 0 Å². The van der Waals surface area contributed by atoms with Crippen LogP contribution in [0.3, 0.4) is 0 Å². The van der Waals surface area contributed by atoms with Gasteiger partial charge in [-0.1, -0.05) is 17.7 Å². The molecule has 0 unspecified atom stereocenters. The summed E-state index contributed by atoms with van der Waals surface area (Å²) in [7, 11) is 0. The second kappa shape index (κ2) is 5.01. The molecule has 2 rings (SSSR count). The topological polar surface area (TPSA) is 17.1 Å². The molecule has 2 aromatic carbocycles. The van der Waals surface area contributed by atoms with Crippen LogP contribution in [0.1, 0.15) is 15.9 Å². The first-order valence-corrected chi connectivity index (χ1v) is 5.43. The Morgan fingerprint density at radius 2 is 1.47 bits per heavy atom. The molecular weight excluding hydrogens is 284 g/mol. The van der Waals surface area contributed by atoms with Crippen molar-refractivity contribution in [3.63, 3.8) is 0 Å². The molecule has 0 atom stereocenters. The van der Waals surface area contributed by atoms with Gasteiger partial charge in [0, 0.05) is 0 Å². The van der Waals surface area contributed by atoms with Crippen LogP contribution < -0.4 is 0 Å². The molecule has 1 nitrogen and oxygen atoms in total. The second-order valence-electron chi connectivity index (χ2n) is 3.67. The monoisotopic (exact) mass is 288 g/mol. The van der Waals surface area contributed by atoms with E-state index in [-0.39, 0.29) is 0 Å². The van der Waals surface area contributed by atoms with Crippen molar-refractivity contribution in [3.8, 4) is 0 Å². The Morgan fingerprint density at radius 1 is 0.895 bits per heavy atom. The molecule has 0 fully saturated rings. The molecule has 0 saturated carbocycles. The van der Waals surface area contributed by atoms with Crippen LogP contribution in [0.5, 0.6) is 0 Å². The van der Waals surface area contributed by atoms with E-state index in [0.717, 1.165) is 18.2 Å². The van der Waals surface area contributed by atoms with Gasteiger partial charge in [-0.25, -0.2) is 17.6 Å². The highest BCUT2D eigenvalue weighted by atomic mass is 35.5. The zero-order valence-electron chi connectivity index (χ0n) is 9.18. The highest BCUT2D eigenvalue weighted by Crippen LogP contribution is 2.23. The van der Waals surface area contributed by atoms with Gasteiger partial charge in [-0.15, -0.1) is 0 Å². The molecule has 6 heteroatoms. The number of halogens is 5. The minimum atomic E-state index is -1.29. The van der Waals surface area contributed by atoms with Gasteiger partial charge in [0.25, 0.3) is 0 Å². The molecule has 0 saturated heterocycles. The van der Waals surface area contributed by atoms with E-state index < -0.39 is 45.2 Å². The molecule has 0 aliphatic carbocycles. The maximum Gasteiger partial charge on any atom is 0.201 e. The first-order chi connectivity index (χ1) is 8.91. The number of ketones is 1. The average Bonchev–Trinajstić information content (AvgIpc) is 2.33. The van der Waals surface area contributed by atoms with Crippen LogP contribution in [-0.2, 0) is 0 Å². The zero-order valence-corrected chi connectivity index (χ0v) is 9.94. The van der Waals surface area contributed by atoms with Crippen LogP contribution in [0.25, 0.3) is 0 Å². The summed E-state index contributed by atoms with van der Waals surface area (Å²) in [6.07, 6.45) is 0. The van der Waals surface area contributed by atoms with Gasteiger partial charge in [-0.3, -0.25) is 4.79 Å². The Hall–Kier alpha value is -1.88. The smallest absolute Gasteiger partial charge is 0.201 e. The summed E-state index contributed by atoms with van der Waals surface area (Å²) >= 11 is 5.32. The molecule has 0 amide bonds. The van der Waals surface area contributed by atoms with E-state index in [1.807, 2.05) is 0 Å². The predicted molar refractivity (Wildman–Crippen MR) is 61.2 cm³/mol. The molecule has 0 N–H and O–H groups in total. The fraction of sp³-hybridized carbons (Fsp3) is 0. The first-order valence-electron chi connectivity index (χ1n) is 5.05. The van der Waals surface area contributed by atoms with E-state index in [0.29, 0.717) is 12.1 Å². The Morgan fingerprint density at radius 3 is 2.05 bits per heavy atom. The molecule has 0 aromatic heterocycles. The Bertz CT molecular complexity index is 650. The van der Waals surface area contributed by atoms with Gasteiger partial charge in [0.1, 0.15) is 23.3 Å². The van der Waals surface area contributed by atoms with Gasteiger partial charge in [0.15, 0.2) is 0 Å². The van der Waals surface area contributed by atoms with Gasteiger partial charge >= 0.3 is 0 Å². The molecule has 0 radical (unpaired) electrons. The van der Waals surface area contributed by atoms with E-state index in [9.17, 15) is 22.4 Å². The third kappa shape index (κ3) is 2.46. The lowest BCUT2D eigenvalue weighted by Crippen LogP contribution is -2.10. The maximum absolute atomic E-state index is 13.5. The minimum Gasteiger partial charge on any atom is -0.288 e. The quantitative estimate of drug-likeness (QED) is 0.461. The average molecular weight is 289 g/mol. The van der Waals surface area contributed by atoms with Crippen molar-refractivity contribution in [3.05, 3.63) is 69.8 Å². The third-order valence-corrected chi connectivity index (χ3v) is 2.73. The van der Waals surface area contributed by atoms with Crippen molar-refractivity contribution in [2.24, 2.45) is 0 Å². The zero-order chi connectivity index (χ0) is 14.2. The van der Waals surface area contributed by atoms with E-state index >= 15 is 0 Å². The van der Waals surface area contributed by atoms with Crippen LogP contribution in [0, 0.1) is 23.3 Å². The molecule has 98 valence electrons. The molecular formula is C13H5ClF4O. The van der Waals surface area contributed by atoms with Gasteiger partial charge in [0.05, 0.1) is 16.1 Å². The van der Waals surface area contributed by atoms with Crippen molar-refractivity contribution in [2.45, 2.75) is 0 Å². The fourth-order valence-corrected chi connectivity index (χ4v) is 1.70. The number of carbonyl (C=O) groups is 1. The minimum absolute atomic E-state index is 0.506. The number of benzene rings is 2. The summed E-state index contributed by atoms with van der Waals surface area (Å²) < 4.78 is 53.5. The van der Waals surface area contributed by atoms with Crippen LogP contribution in [0.15, 0.2) is 30.3 Å². The maximum atomic E-state index is 13.5. The molecule has 0 spiro atoms. The molecule has 0 heterocycles. The summed E-state index contributed by atoms with van der Waals surface area (Å²) in [6, 6.07) is 3.83. The lowest BCUT2D eigenvalue weighted by Gasteiger charge is -2.06. The molecule has 0 bridgehead atoms. The van der Waals surface area contributed by atoms with Crippen molar-refractivity contribution >= 4 is 17.4 Å². The van der Waals surface area contributed by atoms with Crippen LogP contribution >= 0.6 is 11.6 Å². The molecule has 0 aliphatic rings. The summed E-state index contributed by atoms with van der Waals surface area (Å²) in [4.78, 5) is 11.8. The number of rotatable bonds is 2. The van der Waals surface area contributed by atoms with Crippen LogP contribution in [-0.4, -0.2) is 5.78 Å². The summed E-state index contributed by atoms with van der Waals surface area (Å²) in [5.41, 5.74) is -1.73. The highest BCUT2D eigenvalue weighted by molar-refractivity contribution is 6.30. The second-order valence-corrected chi connectivity index (χ2v) is 4.08. The molecule has 19 heavy (non-hydrogen) atoms. The van der Waals surface area contributed by atoms with Gasteiger partial charge in [-0.2, -0.15) is 0 Å².